The lowest BCUT2D eigenvalue weighted by Gasteiger charge is -2.30. The fourth-order valence-corrected chi connectivity index (χ4v) is 3.51. The summed E-state index contributed by atoms with van der Waals surface area (Å²) in [4.78, 5) is 19.5. The van der Waals surface area contributed by atoms with Crippen molar-refractivity contribution in [3.63, 3.8) is 0 Å². The first-order chi connectivity index (χ1) is 13.2. The van der Waals surface area contributed by atoms with Crippen LogP contribution in [0, 0.1) is 0 Å². The number of amides is 1. The van der Waals surface area contributed by atoms with E-state index in [1.54, 1.807) is 6.07 Å². The minimum absolute atomic E-state index is 0.0639. The van der Waals surface area contributed by atoms with Crippen molar-refractivity contribution in [2.24, 2.45) is 0 Å². The number of benzene rings is 2. The summed E-state index contributed by atoms with van der Waals surface area (Å²) in [6, 6.07) is 24.1. The molecule has 1 amide bonds. The molecule has 2 aromatic carbocycles. The van der Waals surface area contributed by atoms with Gasteiger partial charge in [0.25, 0.3) is 5.91 Å². The summed E-state index contributed by atoms with van der Waals surface area (Å²) >= 11 is 0. The Labute approximate surface area is 159 Å². The van der Waals surface area contributed by atoms with Gasteiger partial charge in [0.1, 0.15) is 11.5 Å². The van der Waals surface area contributed by atoms with Gasteiger partial charge in [0.05, 0.1) is 6.04 Å². The Balaban J connectivity index is 1.49. The monoisotopic (exact) mass is 357 g/mol. The van der Waals surface area contributed by atoms with Crippen LogP contribution in [0.4, 0.5) is 5.82 Å². The van der Waals surface area contributed by atoms with Gasteiger partial charge in [-0.25, -0.2) is 4.98 Å². The van der Waals surface area contributed by atoms with Crippen molar-refractivity contribution in [3.8, 4) is 0 Å². The second-order valence-electron chi connectivity index (χ2n) is 6.93. The molecule has 2 heterocycles. The molecule has 0 saturated heterocycles. The molecular formula is C23H23N3O. The highest BCUT2D eigenvalue weighted by atomic mass is 16.1. The highest BCUT2D eigenvalue weighted by Crippen LogP contribution is 2.23. The molecule has 136 valence electrons. The van der Waals surface area contributed by atoms with E-state index in [0.29, 0.717) is 5.69 Å². The second-order valence-corrected chi connectivity index (χ2v) is 6.93. The summed E-state index contributed by atoms with van der Waals surface area (Å²) in [5, 5.41) is 3.04. The first-order valence-electron chi connectivity index (χ1n) is 9.35. The van der Waals surface area contributed by atoms with Gasteiger partial charge < -0.3 is 10.2 Å². The van der Waals surface area contributed by atoms with Crippen LogP contribution >= 0.6 is 0 Å². The number of hydrogen-bond acceptors (Lipinski definition) is 3. The fourth-order valence-electron chi connectivity index (χ4n) is 3.51. The van der Waals surface area contributed by atoms with Gasteiger partial charge in [-0.3, -0.25) is 4.79 Å². The van der Waals surface area contributed by atoms with Crippen molar-refractivity contribution in [3.05, 3.63) is 95.2 Å². The maximum absolute atomic E-state index is 12.7. The van der Waals surface area contributed by atoms with Gasteiger partial charge in [-0.2, -0.15) is 0 Å². The molecule has 0 bridgehead atoms. The van der Waals surface area contributed by atoms with Crippen LogP contribution in [0.5, 0.6) is 0 Å². The molecular weight excluding hydrogens is 334 g/mol. The van der Waals surface area contributed by atoms with E-state index in [-0.39, 0.29) is 11.9 Å². The second kappa shape index (κ2) is 7.62. The average molecular weight is 357 g/mol. The van der Waals surface area contributed by atoms with Crippen LogP contribution in [0.3, 0.4) is 0 Å². The number of nitrogens with one attached hydrogen (secondary N) is 1. The van der Waals surface area contributed by atoms with E-state index in [4.69, 9.17) is 0 Å². The number of pyridine rings is 1. The van der Waals surface area contributed by atoms with Crippen LogP contribution in [-0.4, -0.2) is 17.4 Å². The summed E-state index contributed by atoms with van der Waals surface area (Å²) in [6.07, 6.45) is 0.999. The topological polar surface area (TPSA) is 45.2 Å². The molecule has 27 heavy (non-hydrogen) atoms. The standard InChI is InChI=1S/C23H23N3O/c1-17(18-8-3-2-4-9-18)24-23(27)21-12-7-13-22(25-21)26-15-14-19-10-5-6-11-20(19)16-26/h2-13,17H,14-16H2,1H3,(H,24,27). The Kier molecular flexibility index (Phi) is 4.88. The molecule has 0 fully saturated rings. The number of carbonyl (C=O) groups is 1. The maximum Gasteiger partial charge on any atom is 0.270 e. The Bertz CT molecular complexity index is 939. The molecule has 1 unspecified atom stereocenters. The van der Waals surface area contributed by atoms with E-state index in [1.165, 1.54) is 11.1 Å². The van der Waals surface area contributed by atoms with Gasteiger partial charge in [-0.1, -0.05) is 60.7 Å². The van der Waals surface area contributed by atoms with E-state index < -0.39 is 0 Å². The highest BCUT2D eigenvalue weighted by molar-refractivity contribution is 5.92. The molecule has 4 rings (SSSR count). The van der Waals surface area contributed by atoms with Crippen LogP contribution in [0.1, 0.15) is 40.1 Å². The molecule has 1 aliphatic rings. The molecule has 0 aliphatic carbocycles. The fraction of sp³-hybridized carbons (Fsp3) is 0.217. The Morgan fingerprint density at radius 3 is 2.52 bits per heavy atom. The summed E-state index contributed by atoms with van der Waals surface area (Å²) in [6.45, 7) is 3.73. The molecule has 4 heteroatoms. The van der Waals surface area contributed by atoms with Crippen molar-refractivity contribution in [1.82, 2.24) is 10.3 Å². The van der Waals surface area contributed by atoms with Crippen molar-refractivity contribution in [1.29, 1.82) is 0 Å². The summed E-state index contributed by atoms with van der Waals surface area (Å²) in [7, 11) is 0. The number of carbonyl (C=O) groups excluding carboxylic acids is 1. The van der Waals surface area contributed by atoms with Gasteiger partial charge in [0.15, 0.2) is 0 Å². The van der Waals surface area contributed by atoms with Crippen LogP contribution in [0.15, 0.2) is 72.8 Å². The van der Waals surface area contributed by atoms with Gasteiger partial charge in [0, 0.05) is 13.1 Å². The lowest BCUT2D eigenvalue weighted by molar-refractivity contribution is 0.0935. The number of rotatable bonds is 4. The maximum atomic E-state index is 12.7. The van der Waals surface area contributed by atoms with Crippen LogP contribution in [0.2, 0.25) is 0 Å². The zero-order valence-corrected chi connectivity index (χ0v) is 15.4. The third kappa shape index (κ3) is 3.85. The number of hydrogen-bond donors (Lipinski definition) is 1. The molecule has 4 nitrogen and oxygen atoms in total. The number of aromatic nitrogens is 1. The predicted octanol–water partition coefficient (Wildman–Crippen LogP) is 4.14. The molecule has 1 N–H and O–H groups in total. The summed E-state index contributed by atoms with van der Waals surface area (Å²) in [5.41, 5.74) is 4.27. The van der Waals surface area contributed by atoms with Crippen molar-refractivity contribution >= 4 is 11.7 Å². The smallest absolute Gasteiger partial charge is 0.270 e. The molecule has 1 atom stereocenters. The third-order valence-electron chi connectivity index (χ3n) is 5.07. The van der Waals surface area contributed by atoms with Gasteiger partial charge in [0.2, 0.25) is 0 Å². The van der Waals surface area contributed by atoms with E-state index in [2.05, 4.69) is 39.5 Å². The molecule has 3 aromatic rings. The minimum Gasteiger partial charge on any atom is -0.352 e. The summed E-state index contributed by atoms with van der Waals surface area (Å²) in [5.74, 6) is 0.704. The van der Waals surface area contributed by atoms with Crippen molar-refractivity contribution < 1.29 is 4.79 Å². The van der Waals surface area contributed by atoms with Crippen molar-refractivity contribution in [2.75, 3.05) is 11.4 Å². The van der Waals surface area contributed by atoms with E-state index in [1.807, 2.05) is 49.4 Å². The SMILES string of the molecule is CC(NC(=O)c1cccc(N2CCc3ccccc3C2)n1)c1ccccc1. The lowest BCUT2D eigenvalue weighted by Crippen LogP contribution is -2.32. The zero-order valence-electron chi connectivity index (χ0n) is 15.4. The Morgan fingerprint density at radius 2 is 1.70 bits per heavy atom. The van der Waals surface area contributed by atoms with Gasteiger partial charge in [-0.05, 0) is 42.2 Å². The minimum atomic E-state index is -0.148. The lowest BCUT2D eigenvalue weighted by atomic mass is 10.00. The molecule has 0 saturated carbocycles. The summed E-state index contributed by atoms with van der Waals surface area (Å²) < 4.78 is 0. The molecule has 0 radical (unpaired) electrons. The van der Waals surface area contributed by atoms with Crippen LogP contribution in [0.25, 0.3) is 0 Å². The first kappa shape index (κ1) is 17.3. The number of nitrogens with zero attached hydrogens (tertiary/aromatic N) is 2. The molecule has 0 spiro atoms. The predicted molar refractivity (Wildman–Crippen MR) is 108 cm³/mol. The largest absolute Gasteiger partial charge is 0.352 e. The van der Waals surface area contributed by atoms with Gasteiger partial charge in [-0.15, -0.1) is 0 Å². The normalized spacial score (nSPS) is 14.3. The van der Waals surface area contributed by atoms with Crippen LogP contribution in [-0.2, 0) is 13.0 Å². The average Bonchev–Trinajstić information content (AvgIpc) is 2.74. The molecule has 1 aliphatic heterocycles. The van der Waals surface area contributed by atoms with E-state index in [9.17, 15) is 4.79 Å². The van der Waals surface area contributed by atoms with Crippen molar-refractivity contribution in [2.45, 2.75) is 25.9 Å². The van der Waals surface area contributed by atoms with Crippen LogP contribution < -0.4 is 10.2 Å². The quantitative estimate of drug-likeness (QED) is 0.763. The Morgan fingerprint density at radius 1 is 0.963 bits per heavy atom. The zero-order chi connectivity index (χ0) is 18.6. The van der Waals surface area contributed by atoms with E-state index in [0.717, 1.165) is 30.9 Å². The van der Waals surface area contributed by atoms with Gasteiger partial charge >= 0.3 is 0 Å². The number of fused-ring (bicyclic) bond motifs is 1. The molecule has 1 aromatic heterocycles. The highest BCUT2D eigenvalue weighted by Gasteiger charge is 2.19. The number of anilines is 1. The first-order valence-corrected chi connectivity index (χ1v) is 9.35. The Hall–Kier alpha value is -3.14. The third-order valence-corrected chi connectivity index (χ3v) is 5.07. The van der Waals surface area contributed by atoms with E-state index >= 15 is 0 Å².